The van der Waals surface area contributed by atoms with Gasteiger partial charge >= 0.3 is 5.97 Å². The molecule has 6 fully saturated rings. The third-order valence-corrected chi connectivity index (χ3v) is 18.2. The van der Waals surface area contributed by atoms with Crippen LogP contribution < -0.4 is 0 Å². The fourth-order valence-electron chi connectivity index (χ4n) is 14.6. The smallest absolute Gasteiger partial charge is 0.338 e. The molecule has 0 bridgehead atoms. The summed E-state index contributed by atoms with van der Waals surface area (Å²) in [5, 5.41) is 87.2. The first-order valence-electron chi connectivity index (χ1n) is 22.9. The number of rotatable bonds is 8. The van der Waals surface area contributed by atoms with Gasteiger partial charge in [0.2, 0.25) is 0 Å². The van der Waals surface area contributed by atoms with E-state index in [4.69, 9.17) is 23.7 Å². The molecule has 19 atom stereocenters. The molecule has 1 aromatic rings. The second kappa shape index (κ2) is 16.4. The molecular weight excluding hydrogens is 801 g/mol. The first-order valence-corrected chi connectivity index (χ1v) is 22.9. The van der Waals surface area contributed by atoms with E-state index in [-0.39, 0.29) is 64.1 Å². The Bertz CT molecular complexity index is 1820. The van der Waals surface area contributed by atoms with E-state index in [0.717, 1.165) is 32.1 Å². The molecule has 0 spiro atoms. The summed E-state index contributed by atoms with van der Waals surface area (Å²) in [4.78, 5) is 13.6. The Hall–Kier alpha value is -2.05. The van der Waals surface area contributed by atoms with E-state index in [2.05, 4.69) is 54.5 Å². The van der Waals surface area contributed by atoms with Crippen molar-refractivity contribution in [3.05, 3.63) is 47.5 Å². The van der Waals surface area contributed by atoms with Crippen LogP contribution in [0, 0.1) is 50.2 Å². The molecule has 7 aliphatic rings. The second-order valence-corrected chi connectivity index (χ2v) is 22.2. The predicted octanol–water partition coefficient (Wildman–Crippen LogP) is 3.24. The van der Waals surface area contributed by atoms with Crippen molar-refractivity contribution in [2.75, 3.05) is 19.8 Å². The predicted molar refractivity (Wildman–Crippen MR) is 224 cm³/mol. The van der Waals surface area contributed by atoms with Gasteiger partial charge in [-0.15, -0.1) is 0 Å². The normalized spacial score (nSPS) is 49.6. The van der Waals surface area contributed by atoms with Crippen LogP contribution in [0.3, 0.4) is 0 Å². The second-order valence-electron chi connectivity index (χ2n) is 22.2. The number of benzene rings is 1. The van der Waals surface area contributed by atoms with Crippen LogP contribution in [0.5, 0.6) is 0 Å². The van der Waals surface area contributed by atoms with Crippen LogP contribution >= 0.6 is 0 Å². The summed E-state index contributed by atoms with van der Waals surface area (Å²) in [6, 6.07) is 8.92. The van der Waals surface area contributed by atoms with Gasteiger partial charge in [-0.1, -0.05) is 78.3 Å². The monoisotopic (exact) mass is 872 g/mol. The molecule has 14 nitrogen and oxygen atoms in total. The minimum Gasteiger partial charge on any atom is -0.458 e. The van der Waals surface area contributed by atoms with Gasteiger partial charge in [-0.05, 0) is 108 Å². The highest BCUT2D eigenvalue weighted by Crippen LogP contribution is 2.76. The van der Waals surface area contributed by atoms with Crippen LogP contribution in [0.25, 0.3) is 0 Å². The number of carbonyl (C=O) groups is 1. The van der Waals surface area contributed by atoms with Crippen LogP contribution in [0.1, 0.15) is 110 Å². The minimum absolute atomic E-state index is 0.117. The van der Waals surface area contributed by atoms with Gasteiger partial charge in [-0.3, -0.25) is 0 Å². The lowest BCUT2D eigenvalue weighted by Crippen LogP contribution is -2.69. The van der Waals surface area contributed by atoms with Gasteiger partial charge in [-0.2, -0.15) is 0 Å². The average molecular weight is 873 g/mol. The maximum atomic E-state index is 13.6. The lowest BCUT2D eigenvalue weighted by molar-refractivity contribution is -0.357. The summed E-state index contributed by atoms with van der Waals surface area (Å²) in [7, 11) is 0. The number of hydrogen-bond donors (Lipinski definition) is 8. The summed E-state index contributed by atoms with van der Waals surface area (Å²) in [5.41, 5.74) is -0.596. The molecule has 2 aliphatic heterocycles. The van der Waals surface area contributed by atoms with E-state index in [1.807, 2.05) is 6.07 Å². The van der Waals surface area contributed by atoms with E-state index < -0.39 is 85.5 Å². The molecular formula is C48H72O14. The zero-order chi connectivity index (χ0) is 44.9. The standard InChI is InChI=1S/C48H72O14/c1-43(2)19-27-26-13-14-31-45(5)17-16-33(61-41-38(56)39(28(51)23-58-41)62-42-37(55)36(54)35(53)29(22-49)59-42)44(3,4)30(45)15-18-46(31,6)47(26,7)20-32(52)48(27,24-50)34(21-43)60-40(57)25-11-9-8-10-12-25/h8-13,27-39,41-42,49-56H,14-24H2,1-7H3/t27-,28-,29+,30-,31+,32-,33-,34+,35+,36-,37+,38+,39-,41-,42-,45-,46+,47+,48-/m0/s1. The quantitative estimate of drug-likeness (QED) is 0.107. The van der Waals surface area contributed by atoms with Crippen molar-refractivity contribution in [1.82, 2.24) is 0 Å². The van der Waals surface area contributed by atoms with Gasteiger partial charge < -0.3 is 64.5 Å². The van der Waals surface area contributed by atoms with Crippen molar-refractivity contribution >= 4 is 5.97 Å². The van der Waals surface area contributed by atoms with E-state index in [9.17, 15) is 45.6 Å². The van der Waals surface area contributed by atoms with Crippen molar-refractivity contribution in [2.24, 2.45) is 50.2 Å². The summed E-state index contributed by atoms with van der Waals surface area (Å²) >= 11 is 0. The van der Waals surface area contributed by atoms with E-state index >= 15 is 0 Å². The number of carbonyl (C=O) groups excluding carboxylic acids is 1. The topological polar surface area (TPSA) is 225 Å². The summed E-state index contributed by atoms with van der Waals surface area (Å²) in [5.74, 6) is -0.139. The Balaban J connectivity index is 1.02. The number of aliphatic hydroxyl groups is 8. The lowest BCUT2D eigenvalue weighted by atomic mass is 9.33. The van der Waals surface area contributed by atoms with Gasteiger partial charge in [0.1, 0.15) is 48.8 Å². The zero-order valence-corrected chi connectivity index (χ0v) is 37.4. The third kappa shape index (κ3) is 7.08. The SMILES string of the molecule is CC1(C)C[C@@H](OC(=O)c2ccccc2)[C@]2(CO)[C@@H](O)C[C@]3(C)C(=CC[C@@H]4[C@@]5(C)CC[C@H](O[C@@H]6OC[C@H](O)[C@H](O[C@@H]7O[C@H](CO)[C@@H](O)[C@H](O)[C@H]7O)[C@H]6O)C(C)(C)[C@@H]5CC[C@]43C)[C@@H]2C1. The summed E-state index contributed by atoms with van der Waals surface area (Å²) in [6.07, 6.45) is -6.62. The highest BCUT2D eigenvalue weighted by Gasteiger charge is 2.72. The van der Waals surface area contributed by atoms with Crippen molar-refractivity contribution in [2.45, 2.75) is 173 Å². The van der Waals surface area contributed by atoms with Gasteiger partial charge in [0, 0.05) is 0 Å². The Kier molecular flexibility index (Phi) is 12.3. The van der Waals surface area contributed by atoms with E-state index in [1.165, 1.54) is 5.57 Å². The first-order chi connectivity index (χ1) is 29.1. The molecule has 5 aliphatic carbocycles. The molecule has 8 rings (SSSR count). The molecule has 14 heteroatoms. The molecule has 62 heavy (non-hydrogen) atoms. The number of fused-ring (bicyclic) bond motifs is 7. The lowest BCUT2D eigenvalue weighted by Gasteiger charge is -2.72. The Morgan fingerprint density at radius 1 is 0.774 bits per heavy atom. The minimum atomic E-state index is -1.71. The van der Waals surface area contributed by atoms with Crippen LogP contribution in [-0.4, -0.2) is 140 Å². The summed E-state index contributed by atoms with van der Waals surface area (Å²) in [6.45, 7) is 14.9. The van der Waals surface area contributed by atoms with Crippen molar-refractivity contribution < 1.29 is 69.3 Å². The van der Waals surface area contributed by atoms with Gasteiger partial charge in [-0.25, -0.2) is 4.79 Å². The average Bonchev–Trinajstić information content (AvgIpc) is 3.21. The molecule has 8 N–H and O–H groups in total. The summed E-state index contributed by atoms with van der Waals surface area (Å²) < 4.78 is 30.3. The third-order valence-electron chi connectivity index (χ3n) is 18.2. The Morgan fingerprint density at radius 3 is 2.16 bits per heavy atom. The Labute approximate surface area is 365 Å². The molecule has 2 heterocycles. The maximum Gasteiger partial charge on any atom is 0.338 e. The van der Waals surface area contributed by atoms with Crippen LogP contribution in [0.2, 0.25) is 0 Å². The largest absolute Gasteiger partial charge is 0.458 e. The Morgan fingerprint density at radius 2 is 1.48 bits per heavy atom. The fourth-order valence-corrected chi connectivity index (χ4v) is 14.6. The van der Waals surface area contributed by atoms with Crippen LogP contribution in [-0.2, 0) is 23.7 Å². The molecule has 2 saturated heterocycles. The molecule has 0 radical (unpaired) electrons. The van der Waals surface area contributed by atoms with Crippen molar-refractivity contribution in [1.29, 1.82) is 0 Å². The molecule has 0 unspecified atom stereocenters. The first kappa shape index (κ1) is 46.5. The highest BCUT2D eigenvalue weighted by molar-refractivity contribution is 5.89. The molecule has 1 aromatic carbocycles. The van der Waals surface area contributed by atoms with Crippen LogP contribution in [0.15, 0.2) is 42.0 Å². The van der Waals surface area contributed by atoms with E-state index in [0.29, 0.717) is 24.8 Å². The van der Waals surface area contributed by atoms with Crippen molar-refractivity contribution in [3.63, 3.8) is 0 Å². The van der Waals surface area contributed by atoms with Gasteiger partial charge in [0.05, 0.1) is 43.0 Å². The molecule has 0 aromatic heterocycles. The molecule has 0 amide bonds. The van der Waals surface area contributed by atoms with Crippen molar-refractivity contribution in [3.8, 4) is 0 Å². The highest BCUT2D eigenvalue weighted by atomic mass is 16.7. The number of allylic oxidation sites excluding steroid dienone is 2. The number of esters is 1. The van der Waals surface area contributed by atoms with Crippen LogP contribution in [0.4, 0.5) is 0 Å². The fraction of sp³-hybridized carbons (Fsp3) is 0.812. The zero-order valence-electron chi connectivity index (χ0n) is 37.4. The van der Waals surface area contributed by atoms with Gasteiger partial charge in [0.25, 0.3) is 0 Å². The number of hydrogen-bond acceptors (Lipinski definition) is 14. The van der Waals surface area contributed by atoms with E-state index in [1.54, 1.807) is 24.3 Å². The molecule has 4 saturated carbocycles. The number of ether oxygens (including phenoxy) is 5. The number of aliphatic hydroxyl groups excluding tert-OH is 8. The molecule has 348 valence electrons. The van der Waals surface area contributed by atoms with Gasteiger partial charge in [0.15, 0.2) is 12.6 Å². The maximum absolute atomic E-state index is 13.6.